The van der Waals surface area contributed by atoms with E-state index >= 15 is 0 Å². The van der Waals surface area contributed by atoms with Crippen molar-refractivity contribution in [1.82, 2.24) is 9.36 Å². The van der Waals surface area contributed by atoms with Crippen molar-refractivity contribution < 1.29 is 9.23 Å². The molecule has 5 nitrogen and oxygen atoms in total. The third-order valence-corrected chi connectivity index (χ3v) is 5.49. The number of nitrogens with zero attached hydrogens (tertiary/aromatic N) is 4. The molecule has 0 fully saturated rings. The van der Waals surface area contributed by atoms with Gasteiger partial charge in [-0.25, -0.2) is 4.39 Å². The summed E-state index contributed by atoms with van der Waals surface area (Å²) in [5.74, 6) is 0.378. The van der Waals surface area contributed by atoms with Crippen LogP contribution < -0.4 is 4.90 Å². The van der Waals surface area contributed by atoms with Crippen LogP contribution >= 0.6 is 22.9 Å². The van der Waals surface area contributed by atoms with Gasteiger partial charge in [0.25, 0.3) is 0 Å². The lowest BCUT2D eigenvalue weighted by atomic mass is 10.2. The molecule has 0 spiro atoms. The first-order valence-electron chi connectivity index (χ1n) is 7.55. The SMILES string of the molecule is C/C(=N\OCc1nsc(N(C)C)n1)c1ccc(-c2ccc(F)cc2)s1. The number of thiophene rings is 1. The van der Waals surface area contributed by atoms with Crippen molar-refractivity contribution in [2.45, 2.75) is 13.5 Å². The number of hydrogen-bond donors (Lipinski definition) is 0. The average Bonchev–Trinajstić information content (AvgIpc) is 3.25. The highest BCUT2D eigenvalue weighted by molar-refractivity contribution is 7.17. The third-order valence-electron chi connectivity index (χ3n) is 3.33. The summed E-state index contributed by atoms with van der Waals surface area (Å²) in [4.78, 5) is 13.7. The van der Waals surface area contributed by atoms with E-state index in [1.807, 2.05) is 38.1 Å². The zero-order valence-electron chi connectivity index (χ0n) is 14.1. The molecule has 0 aliphatic rings. The molecular weight excluding hydrogens is 359 g/mol. The number of halogens is 1. The molecule has 0 aliphatic carbocycles. The summed E-state index contributed by atoms with van der Waals surface area (Å²) in [5, 5.41) is 4.98. The Labute approximate surface area is 153 Å². The highest BCUT2D eigenvalue weighted by Crippen LogP contribution is 2.28. The molecule has 0 unspecified atom stereocenters. The van der Waals surface area contributed by atoms with Crippen molar-refractivity contribution in [2.75, 3.05) is 19.0 Å². The summed E-state index contributed by atoms with van der Waals surface area (Å²) >= 11 is 2.91. The van der Waals surface area contributed by atoms with Gasteiger partial charge in [-0.2, -0.15) is 9.36 Å². The molecule has 3 aromatic rings. The fourth-order valence-electron chi connectivity index (χ4n) is 2.02. The van der Waals surface area contributed by atoms with Crippen molar-refractivity contribution >= 4 is 33.7 Å². The van der Waals surface area contributed by atoms with Crippen LogP contribution in [0.4, 0.5) is 9.52 Å². The lowest BCUT2D eigenvalue weighted by Gasteiger charge is -2.04. The van der Waals surface area contributed by atoms with Gasteiger partial charge < -0.3 is 9.74 Å². The molecule has 0 amide bonds. The number of oxime groups is 1. The van der Waals surface area contributed by atoms with Gasteiger partial charge in [0, 0.05) is 30.5 Å². The molecule has 0 saturated heterocycles. The predicted octanol–water partition coefficient (Wildman–Crippen LogP) is 4.41. The average molecular weight is 376 g/mol. The van der Waals surface area contributed by atoms with Gasteiger partial charge in [0.15, 0.2) is 12.4 Å². The highest BCUT2D eigenvalue weighted by atomic mass is 32.1. The first-order valence-corrected chi connectivity index (χ1v) is 9.14. The van der Waals surface area contributed by atoms with E-state index in [1.165, 1.54) is 23.7 Å². The van der Waals surface area contributed by atoms with E-state index in [1.54, 1.807) is 23.5 Å². The second-order valence-electron chi connectivity index (χ2n) is 5.51. The number of hydrogen-bond acceptors (Lipinski definition) is 7. The maximum atomic E-state index is 13.0. The van der Waals surface area contributed by atoms with E-state index in [4.69, 9.17) is 4.84 Å². The molecule has 1 aromatic carbocycles. The first kappa shape index (κ1) is 17.5. The lowest BCUT2D eigenvalue weighted by Crippen LogP contribution is -2.08. The van der Waals surface area contributed by atoms with Gasteiger partial charge in [-0.3, -0.25) is 0 Å². The number of rotatable bonds is 6. The van der Waals surface area contributed by atoms with Crippen LogP contribution in [0, 0.1) is 5.82 Å². The maximum Gasteiger partial charge on any atom is 0.204 e. The van der Waals surface area contributed by atoms with Crippen LogP contribution in [0.25, 0.3) is 10.4 Å². The van der Waals surface area contributed by atoms with Crippen molar-refractivity contribution in [3.63, 3.8) is 0 Å². The van der Waals surface area contributed by atoms with Crippen molar-refractivity contribution in [3.8, 4) is 10.4 Å². The molecule has 25 heavy (non-hydrogen) atoms. The minimum absolute atomic E-state index is 0.234. The molecule has 0 atom stereocenters. The number of anilines is 1. The second-order valence-corrected chi connectivity index (χ2v) is 7.32. The Balaban J connectivity index is 1.63. The Morgan fingerprint density at radius 1 is 1.20 bits per heavy atom. The van der Waals surface area contributed by atoms with Gasteiger partial charge in [0.2, 0.25) is 5.13 Å². The third kappa shape index (κ3) is 4.40. The van der Waals surface area contributed by atoms with E-state index in [0.29, 0.717) is 5.82 Å². The molecule has 2 heterocycles. The Morgan fingerprint density at radius 2 is 1.96 bits per heavy atom. The summed E-state index contributed by atoms with van der Waals surface area (Å²) in [6.45, 7) is 2.12. The topological polar surface area (TPSA) is 50.6 Å². The second kappa shape index (κ2) is 7.71. The molecule has 0 aliphatic heterocycles. The molecule has 0 radical (unpaired) electrons. The fraction of sp³-hybridized carbons (Fsp3) is 0.235. The summed E-state index contributed by atoms with van der Waals surface area (Å²) in [5.41, 5.74) is 1.76. The van der Waals surface area contributed by atoms with Gasteiger partial charge in [0.1, 0.15) is 5.82 Å². The molecule has 130 valence electrons. The molecule has 8 heteroatoms. The van der Waals surface area contributed by atoms with Crippen LogP contribution in [0.15, 0.2) is 41.6 Å². The summed E-state index contributed by atoms with van der Waals surface area (Å²) < 4.78 is 17.2. The van der Waals surface area contributed by atoms with Crippen LogP contribution in [0.5, 0.6) is 0 Å². The molecule has 3 rings (SSSR count). The van der Waals surface area contributed by atoms with Gasteiger partial charge >= 0.3 is 0 Å². The number of aromatic nitrogens is 2. The van der Waals surface area contributed by atoms with Crippen LogP contribution in [0.3, 0.4) is 0 Å². The number of benzene rings is 1. The highest BCUT2D eigenvalue weighted by Gasteiger charge is 2.08. The van der Waals surface area contributed by atoms with Gasteiger partial charge in [0.05, 0.1) is 10.6 Å². The normalized spacial score (nSPS) is 11.6. The molecule has 2 aromatic heterocycles. The predicted molar refractivity (Wildman–Crippen MR) is 101 cm³/mol. The Kier molecular flexibility index (Phi) is 5.40. The standard InChI is InChI=1S/C17H17FN4OS2/c1-11(20-23-10-16-19-17(22(2)3)25-21-16)14-8-9-15(24-14)12-4-6-13(18)7-5-12/h4-9H,10H2,1-3H3/b20-11+. The van der Waals surface area contributed by atoms with Crippen LogP contribution in [-0.2, 0) is 11.4 Å². The van der Waals surface area contributed by atoms with Crippen LogP contribution in [0.1, 0.15) is 17.6 Å². The van der Waals surface area contributed by atoms with Gasteiger partial charge in [-0.15, -0.1) is 11.3 Å². The molecule has 0 bridgehead atoms. The summed E-state index contributed by atoms with van der Waals surface area (Å²) in [7, 11) is 3.84. The van der Waals surface area contributed by atoms with Crippen LogP contribution in [-0.4, -0.2) is 29.2 Å². The van der Waals surface area contributed by atoms with Gasteiger partial charge in [-0.05, 0) is 36.8 Å². The van der Waals surface area contributed by atoms with Crippen molar-refractivity contribution in [3.05, 3.63) is 52.9 Å². The largest absolute Gasteiger partial charge is 0.387 e. The van der Waals surface area contributed by atoms with E-state index in [9.17, 15) is 4.39 Å². The Bertz CT molecular complexity index is 871. The smallest absolute Gasteiger partial charge is 0.204 e. The monoisotopic (exact) mass is 376 g/mol. The molecular formula is C17H17FN4OS2. The summed E-state index contributed by atoms with van der Waals surface area (Å²) in [6, 6.07) is 10.4. The van der Waals surface area contributed by atoms with Crippen molar-refractivity contribution in [1.29, 1.82) is 0 Å². The minimum Gasteiger partial charge on any atom is -0.387 e. The quantitative estimate of drug-likeness (QED) is 0.472. The van der Waals surface area contributed by atoms with E-state index in [-0.39, 0.29) is 12.4 Å². The Hall–Kier alpha value is -2.32. The fourth-order valence-corrected chi connectivity index (χ4v) is 3.56. The first-order chi connectivity index (χ1) is 12.0. The zero-order valence-corrected chi connectivity index (χ0v) is 15.7. The molecule has 0 saturated carbocycles. The molecule has 0 N–H and O–H groups in total. The van der Waals surface area contributed by atoms with E-state index in [0.717, 1.165) is 26.2 Å². The van der Waals surface area contributed by atoms with Crippen LogP contribution in [0.2, 0.25) is 0 Å². The lowest BCUT2D eigenvalue weighted by molar-refractivity contribution is 0.125. The van der Waals surface area contributed by atoms with Gasteiger partial charge in [-0.1, -0.05) is 17.3 Å². The Morgan fingerprint density at radius 3 is 2.64 bits per heavy atom. The minimum atomic E-state index is -0.236. The van der Waals surface area contributed by atoms with E-state index < -0.39 is 0 Å². The summed E-state index contributed by atoms with van der Waals surface area (Å²) in [6.07, 6.45) is 0. The van der Waals surface area contributed by atoms with E-state index in [2.05, 4.69) is 14.5 Å². The van der Waals surface area contributed by atoms with Crippen molar-refractivity contribution in [2.24, 2.45) is 5.16 Å². The zero-order chi connectivity index (χ0) is 17.8. The maximum absolute atomic E-state index is 13.0.